The number of nitrogens with zero attached hydrogens (tertiary/aromatic N) is 5. The van der Waals surface area contributed by atoms with Crippen molar-refractivity contribution in [1.29, 1.82) is 0 Å². The fourth-order valence-electron chi connectivity index (χ4n) is 3.01. The molecule has 1 aliphatic heterocycles. The van der Waals surface area contributed by atoms with E-state index >= 15 is 0 Å². The molecule has 0 spiro atoms. The molecular formula is C18H29IN6O3S2. The lowest BCUT2D eigenvalue weighted by Crippen LogP contribution is -2.53. The minimum absolute atomic E-state index is 0. The van der Waals surface area contributed by atoms with Crippen LogP contribution in [0, 0.1) is 0 Å². The molecule has 0 bridgehead atoms. The van der Waals surface area contributed by atoms with Crippen molar-refractivity contribution in [1.82, 2.24) is 24.7 Å². The molecule has 0 saturated carbocycles. The number of aromatic nitrogens is 2. The summed E-state index contributed by atoms with van der Waals surface area (Å²) in [4.78, 5) is 11.4. The Morgan fingerprint density at radius 3 is 2.60 bits per heavy atom. The topological polar surface area (TPSA) is 104 Å². The number of nitrogens with one attached hydrogen (secondary N) is 1. The van der Waals surface area contributed by atoms with E-state index in [2.05, 4.69) is 39.6 Å². The highest BCUT2D eigenvalue weighted by molar-refractivity contribution is 14.0. The van der Waals surface area contributed by atoms with Gasteiger partial charge in [-0.2, -0.15) is 4.31 Å². The van der Waals surface area contributed by atoms with Crippen LogP contribution in [0.3, 0.4) is 0 Å². The van der Waals surface area contributed by atoms with Crippen molar-refractivity contribution in [3.8, 4) is 0 Å². The van der Waals surface area contributed by atoms with Gasteiger partial charge in [0, 0.05) is 50.1 Å². The minimum atomic E-state index is -3.41. The molecule has 3 heterocycles. The molecule has 0 radical (unpaired) electrons. The van der Waals surface area contributed by atoms with Crippen molar-refractivity contribution in [2.75, 3.05) is 32.7 Å². The first-order chi connectivity index (χ1) is 13.9. The van der Waals surface area contributed by atoms with Gasteiger partial charge in [-0.1, -0.05) is 19.0 Å². The number of guanidine groups is 1. The Kier molecular flexibility index (Phi) is 9.50. The highest BCUT2D eigenvalue weighted by Gasteiger charge is 2.29. The third kappa shape index (κ3) is 6.62. The molecule has 12 heteroatoms. The SMILES string of the molecule is CCNC(=NCc1csc(C(C)C)n1)N1CCN(S(=O)(=O)Cc2ccon2)CC1.I. The van der Waals surface area contributed by atoms with Crippen molar-refractivity contribution in [2.45, 2.75) is 39.0 Å². The molecule has 0 aromatic carbocycles. The summed E-state index contributed by atoms with van der Waals surface area (Å²) in [5.74, 6) is 1.07. The second-order valence-corrected chi connectivity index (χ2v) is 9.99. The quantitative estimate of drug-likeness (QED) is 0.311. The van der Waals surface area contributed by atoms with Gasteiger partial charge in [0.15, 0.2) is 5.96 Å². The Bertz CT molecular complexity index is 906. The maximum atomic E-state index is 12.6. The van der Waals surface area contributed by atoms with Crippen LogP contribution in [0.5, 0.6) is 0 Å². The number of sulfonamides is 1. The Morgan fingerprint density at radius 2 is 2.03 bits per heavy atom. The molecule has 1 aliphatic rings. The first kappa shape index (κ1) is 25.0. The maximum absolute atomic E-state index is 12.6. The second-order valence-electron chi connectivity index (χ2n) is 7.14. The molecule has 1 fully saturated rings. The standard InChI is InChI=1S/C18H28N6O3S2.HI/c1-4-19-18(20-11-16-12-28-17(21-16)14(2)3)23-6-8-24(9-7-23)29(25,26)13-15-5-10-27-22-15;/h5,10,12,14H,4,6-9,11,13H2,1-3H3,(H,19,20);1H. The summed E-state index contributed by atoms with van der Waals surface area (Å²) in [6.45, 7) is 9.54. The van der Waals surface area contributed by atoms with Gasteiger partial charge in [0.05, 0.1) is 22.9 Å². The zero-order valence-corrected chi connectivity index (χ0v) is 21.4. The molecule has 9 nitrogen and oxygen atoms in total. The molecule has 2 aromatic heterocycles. The largest absolute Gasteiger partial charge is 0.364 e. The number of thiazole rings is 1. The third-order valence-electron chi connectivity index (χ3n) is 4.54. The summed E-state index contributed by atoms with van der Waals surface area (Å²) in [7, 11) is -3.41. The lowest BCUT2D eigenvalue weighted by Gasteiger charge is -2.35. The van der Waals surface area contributed by atoms with E-state index in [1.165, 1.54) is 10.6 Å². The normalized spacial score (nSPS) is 16.0. The van der Waals surface area contributed by atoms with Gasteiger partial charge in [-0.25, -0.2) is 18.4 Å². The van der Waals surface area contributed by atoms with E-state index in [-0.39, 0.29) is 29.7 Å². The predicted molar refractivity (Wildman–Crippen MR) is 129 cm³/mol. The number of hydrogen-bond donors (Lipinski definition) is 1. The Labute approximate surface area is 199 Å². The fraction of sp³-hybridized carbons (Fsp3) is 0.611. The summed E-state index contributed by atoms with van der Waals surface area (Å²) < 4.78 is 31.4. The average Bonchev–Trinajstić information content (AvgIpc) is 3.37. The van der Waals surface area contributed by atoms with Gasteiger partial charge in [-0.3, -0.25) is 0 Å². The van der Waals surface area contributed by atoms with Crippen LogP contribution in [0.2, 0.25) is 0 Å². The first-order valence-corrected chi connectivity index (χ1v) is 12.2. The summed E-state index contributed by atoms with van der Waals surface area (Å²) >= 11 is 1.66. The molecular weight excluding hydrogens is 539 g/mol. The van der Waals surface area contributed by atoms with E-state index in [1.807, 2.05) is 6.92 Å². The average molecular weight is 569 g/mol. The molecule has 0 amide bonds. The Morgan fingerprint density at radius 1 is 1.30 bits per heavy atom. The van der Waals surface area contributed by atoms with Crippen molar-refractivity contribution in [3.05, 3.63) is 34.1 Å². The monoisotopic (exact) mass is 568 g/mol. The molecule has 0 aliphatic carbocycles. The highest BCUT2D eigenvalue weighted by Crippen LogP contribution is 2.19. The molecule has 1 saturated heterocycles. The van der Waals surface area contributed by atoms with Crippen molar-refractivity contribution in [2.24, 2.45) is 4.99 Å². The highest BCUT2D eigenvalue weighted by atomic mass is 127. The lowest BCUT2D eigenvalue weighted by molar-refractivity contribution is 0.259. The molecule has 0 unspecified atom stereocenters. The van der Waals surface area contributed by atoms with Gasteiger partial charge in [0.1, 0.15) is 12.0 Å². The van der Waals surface area contributed by atoms with Crippen LogP contribution < -0.4 is 5.32 Å². The van der Waals surface area contributed by atoms with Gasteiger partial charge < -0.3 is 14.7 Å². The minimum Gasteiger partial charge on any atom is -0.364 e. The van der Waals surface area contributed by atoms with Crippen LogP contribution in [0.4, 0.5) is 0 Å². The van der Waals surface area contributed by atoms with Crippen LogP contribution in [0.15, 0.2) is 27.2 Å². The molecule has 2 aromatic rings. The van der Waals surface area contributed by atoms with E-state index in [9.17, 15) is 8.42 Å². The second kappa shape index (κ2) is 11.4. The first-order valence-electron chi connectivity index (χ1n) is 9.73. The summed E-state index contributed by atoms with van der Waals surface area (Å²) in [5, 5.41) is 10.2. The maximum Gasteiger partial charge on any atom is 0.220 e. The summed E-state index contributed by atoms with van der Waals surface area (Å²) in [6.07, 6.45) is 1.38. The number of hydrogen-bond acceptors (Lipinski definition) is 7. The van der Waals surface area contributed by atoms with Gasteiger partial charge in [-0.05, 0) is 6.92 Å². The fourth-order valence-corrected chi connectivity index (χ4v) is 5.26. The van der Waals surface area contributed by atoms with E-state index in [0.29, 0.717) is 44.3 Å². The van der Waals surface area contributed by atoms with Crippen molar-refractivity contribution < 1.29 is 12.9 Å². The van der Waals surface area contributed by atoms with Gasteiger partial charge in [0.2, 0.25) is 10.0 Å². The van der Waals surface area contributed by atoms with Crippen LogP contribution in [-0.2, 0) is 22.3 Å². The summed E-state index contributed by atoms with van der Waals surface area (Å²) in [6, 6.07) is 1.58. The predicted octanol–water partition coefficient (Wildman–Crippen LogP) is 2.49. The molecule has 0 atom stereocenters. The number of piperazine rings is 1. The van der Waals surface area contributed by atoms with Gasteiger partial charge in [-0.15, -0.1) is 35.3 Å². The molecule has 1 N–H and O–H groups in total. The zero-order chi connectivity index (χ0) is 20.9. The Balaban J connectivity index is 0.00000320. The van der Waals surface area contributed by atoms with E-state index in [4.69, 9.17) is 9.52 Å². The van der Waals surface area contributed by atoms with Crippen LogP contribution >= 0.6 is 35.3 Å². The number of aliphatic imine (C=N–C) groups is 1. The van der Waals surface area contributed by atoms with Crippen LogP contribution in [-0.4, -0.2) is 66.4 Å². The number of halogens is 1. The van der Waals surface area contributed by atoms with Crippen molar-refractivity contribution >= 4 is 51.3 Å². The van der Waals surface area contributed by atoms with Crippen LogP contribution in [0.1, 0.15) is 43.1 Å². The smallest absolute Gasteiger partial charge is 0.220 e. The molecule has 30 heavy (non-hydrogen) atoms. The Hall–Kier alpha value is -1.25. The third-order valence-corrected chi connectivity index (χ3v) is 7.55. The zero-order valence-electron chi connectivity index (χ0n) is 17.4. The number of rotatable bonds is 7. The van der Waals surface area contributed by atoms with Crippen LogP contribution in [0.25, 0.3) is 0 Å². The van der Waals surface area contributed by atoms with Gasteiger partial charge in [0.25, 0.3) is 0 Å². The lowest BCUT2D eigenvalue weighted by atomic mass is 10.2. The van der Waals surface area contributed by atoms with E-state index in [1.54, 1.807) is 17.4 Å². The summed E-state index contributed by atoms with van der Waals surface area (Å²) in [5.41, 5.74) is 1.38. The molecule has 168 valence electrons. The van der Waals surface area contributed by atoms with E-state index in [0.717, 1.165) is 23.2 Å². The van der Waals surface area contributed by atoms with E-state index < -0.39 is 10.0 Å². The van der Waals surface area contributed by atoms with Crippen molar-refractivity contribution in [3.63, 3.8) is 0 Å². The van der Waals surface area contributed by atoms with Gasteiger partial charge >= 0.3 is 0 Å². The molecule has 3 rings (SSSR count).